The fourth-order valence-electron chi connectivity index (χ4n) is 1.25. The second kappa shape index (κ2) is 6.18. The minimum absolute atomic E-state index is 0.291. The van der Waals surface area contributed by atoms with Crippen molar-refractivity contribution in [2.75, 3.05) is 0 Å². The van der Waals surface area contributed by atoms with E-state index >= 15 is 0 Å². The Hall–Kier alpha value is -1.37. The van der Waals surface area contributed by atoms with Gasteiger partial charge in [-0.3, -0.25) is 9.89 Å². The fraction of sp³-hybridized carbons (Fsp3) is 0. The van der Waals surface area contributed by atoms with E-state index in [0.29, 0.717) is 25.8 Å². The number of nitrogens with zero attached hydrogens (tertiary/aromatic N) is 2. The van der Waals surface area contributed by atoms with Crippen molar-refractivity contribution in [2.45, 2.75) is 0 Å². The van der Waals surface area contributed by atoms with Gasteiger partial charge >= 0.3 is 0 Å². The maximum absolute atomic E-state index is 11.7. The molecule has 0 saturated carbocycles. The number of hydrogen-bond donors (Lipinski definition) is 2. The maximum atomic E-state index is 11.7. The standard InChI is InChI=1S/C11H7BrCl2N4O/c12-8-5-16-17-10(8)11(19)18-15-4-6-1-2-7(13)3-9(6)14/h1-5H,(H,16,17)(H,18,19)/b15-4-. The van der Waals surface area contributed by atoms with Crippen LogP contribution in [0.25, 0.3) is 0 Å². The molecule has 1 amide bonds. The van der Waals surface area contributed by atoms with Crippen molar-refractivity contribution in [1.29, 1.82) is 0 Å². The molecule has 0 spiro atoms. The van der Waals surface area contributed by atoms with Crippen LogP contribution in [0.2, 0.25) is 10.0 Å². The number of halogens is 3. The lowest BCUT2D eigenvalue weighted by Gasteiger charge is -1.99. The number of benzene rings is 1. The van der Waals surface area contributed by atoms with Crippen LogP contribution < -0.4 is 5.43 Å². The molecule has 1 aromatic carbocycles. The molecule has 5 nitrogen and oxygen atoms in total. The summed E-state index contributed by atoms with van der Waals surface area (Å²) in [6.45, 7) is 0. The Labute approximate surface area is 127 Å². The van der Waals surface area contributed by atoms with Crippen LogP contribution >= 0.6 is 39.1 Å². The molecule has 1 aromatic heterocycles. The number of aromatic nitrogens is 2. The highest BCUT2D eigenvalue weighted by atomic mass is 79.9. The van der Waals surface area contributed by atoms with Gasteiger partial charge in [0.15, 0.2) is 0 Å². The summed E-state index contributed by atoms with van der Waals surface area (Å²) in [4.78, 5) is 11.7. The van der Waals surface area contributed by atoms with Crippen molar-refractivity contribution in [1.82, 2.24) is 15.6 Å². The van der Waals surface area contributed by atoms with Gasteiger partial charge in [0.2, 0.25) is 0 Å². The third-order valence-corrected chi connectivity index (χ3v) is 3.32. The first-order valence-corrected chi connectivity index (χ1v) is 6.60. The Morgan fingerprint density at radius 3 is 2.89 bits per heavy atom. The predicted molar refractivity (Wildman–Crippen MR) is 77.8 cm³/mol. The van der Waals surface area contributed by atoms with Crippen LogP contribution in [-0.2, 0) is 0 Å². The first-order chi connectivity index (χ1) is 9.08. The first kappa shape index (κ1) is 14.0. The van der Waals surface area contributed by atoms with Gasteiger partial charge < -0.3 is 0 Å². The van der Waals surface area contributed by atoms with Crippen molar-refractivity contribution in [3.63, 3.8) is 0 Å². The summed E-state index contributed by atoms with van der Waals surface area (Å²) in [5.74, 6) is -0.411. The number of carbonyl (C=O) groups is 1. The van der Waals surface area contributed by atoms with E-state index in [1.54, 1.807) is 18.2 Å². The normalized spacial score (nSPS) is 10.9. The Balaban J connectivity index is 2.04. The van der Waals surface area contributed by atoms with Crippen molar-refractivity contribution in [3.05, 3.63) is 50.2 Å². The Morgan fingerprint density at radius 1 is 1.47 bits per heavy atom. The lowest BCUT2D eigenvalue weighted by atomic mass is 10.2. The molecule has 2 N–H and O–H groups in total. The lowest BCUT2D eigenvalue weighted by Crippen LogP contribution is -2.18. The second-order valence-corrected chi connectivity index (χ2v) is 5.16. The third kappa shape index (κ3) is 3.56. The summed E-state index contributed by atoms with van der Waals surface area (Å²) in [7, 11) is 0. The molecule has 0 atom stereocenters. The maximum Gasteiger partial charge on any atom is 0.290 e. The molecule has 0 aliphatic rings. The zero-order valence-electron chi connectivity index (χ0n) is 9.32. The van der Waals surface area contributed by atoms with Gasteiger partial charge in [0.1, 0.15) is 5.69 Å². The van der Waals surface area contributed by atoms with E-state index in [1.807, 2.05) is 0 Å². The van der Waals surface area contributed by atoms with Gasteiger partial charge in [-0.25, -0.2) is 5.43 Å². The molecule has 19 heavy (non-hydrogen) atoms. The topological polar surface area (TPSA) is 70.1 Å². The second-order valence-electron chi connectivity index (χ2n) is 3.46. The van der Waals surface area contributed by atoms with Crippen molar-refractivity contribution < 1.29 is 4.79 Å². The Bertz CT molecular complexity index is 641. The van der Waals surface area contributed by atoms with Crippen LogP contribution in [0.15, 0.2) is 34.0 Å². The Morgan fingerprint density at radius 2 is 2.26 bits per heavy atom. The van der Waals surface area contributed by atoms with Gasteiger partial charge in [-0.05, 0) is 28.1 Å². The highest BCUT2D eigenvalue weighted by molar-refractivity contribution is 9.10. The fourth-order valence-corrected chi connectivity index (χ4v) is 2.08. The monoisotopic (exact) mass is 360 g/mol. The predicted octanol–water partition coefficient (Wildman–Crippen LogP) is 3.24. The minimum Gasteiger partial charge on any atom is -0.272 e. The smallest absolute Gasteiger partial charge is 0.272 e. The summed E-state index contributed by atoms with van der Waals surface area (Å²) in [6.07, 6.45) is 2.91. The van der Waals surface area contributed by atoms with Gasteiger partial charge in [0.25, 0.3) is 5.91 Å². The van der Waals surface area contributed by atoms with Gasteiger partial charge in [-0.1, -0.05) is 29.3 Å². The van der Waals surface area contributed by atoms with E-state index in [-0.39, 0.29) is 0 Å². The summed E-state index contributed by atoms with van der Waals surface area (Å²) >= 11 is 14.9. The van der Waals surface area contributed by atoms with E-state index in [2.05, 4.69) is 36.7 Å². The average Bonchev–Trinajstić information content (AvgIpc) is 2.78. The highest BCUT2D eigenvalue weighted by Crippen LogP contribution is 2.19. The largest absolute Gasteiger partial charge is 0.290 e. The van der Waals surface area contributed by atoms with Crippen LogP contribution in [0, 0.1) is 0 Å². The lowest BCUT2D eigenvalue weighted by molar-refractivity contribution is 0.0949. The molecule has 0 bridgehead atoms. The minimum atomic E-state index is -0.411. The number of aromatic amines is 1. The van der Waals surface area contributed by atoms with Crippen LogP contribution in [0.1, 0.15) is 16.1 Å². The SMILES string of the molecule is O=C(N/N=C\c1ccc(Cl)cc1Cl)c1[nH]ncc1Br. The summed E-state index contributed by atoms with van der Waals surface area (Å²) in [5.41, 5.74) is 3.29. The van der Waals surface area contributed by atoms with E-state index < -0.39 is 5.91 Å². The summed E-state index contributed by atoms with van der Waals surface area (Å²) in [6, 6.07) is 4.98. The molecule has 0 aliphatic heterocycles. The van der Waals surface area contributed by atoms with E-state index in [1.165, 1.54) is 12.4 Å². The van der Waals surface area contributed by atoms with Crippen molar-refractivity contribution >= 4 is 51.3 Å². The molecule has 98 valence electrons. The van der Waals surface area contributed by atoms with Crippen LogP contribution in [0.4, 0.5) is 0 Å². The number of H-pyrrole nitrogens is 1. The van der Waals surface area contributed by atoms with Crippen molar-refractivity contribution in [2.24, 2.45) is 5.10 Å². The number of rotatable bonds is 3. The molecule has 0 unspecified atom stereocenters. The van der Waals surface area contributed by atoms with Gasteiger partial charge in [0, 0.05) is 10.6 Å². The number of carbonyl (C=O) groups excluding carboxylic acids is 1. The summed E-state index contributed by atoms with van der Waals surface area (Å²) < 4.78 is 0.560. The zero-order valence-corrected chi connectivity index (χ0v) is 12.4. The molecular weight excluding hydrogens is 355 g/mol. The number of hydrazone groups is 1. The quantitative estimate of drug-likeness (QED) is 0.650. The molecule has 0 saturated heterocycles. The van der Waals surface area contributed by atoms with Crippen molar-refractivity contribution in [3.8, 4) is 0 Å². The molecule has 0 radical (unpaired) electrons. The zero-order chi connectivity index (χ0) is 13.8. The molecule has 1 heterocycles. The molecule has 8 heteroatoms. The van der Waals surface area contributed by atoms with Gasteiger partial charge in [-0.15, -0.1) is 0 Å². The average molecular weight is 362 g/mol. The van der Waals surface area contributed by atoms with Crippen LogP contribution in [0.5, 0.6) is 0 Å². The first-order valence-electron chi connectivity index (χ1n) is 5.05. The van der Waals surface area contributed by atoms with Gasteiger partial charge in [0.05, 0.1) is 21.9 Å². The molecule has 2 rings (SSSR count). The number of hydrogen-bond acceptors (Lipinski definition) is 3. The molecule has 2 aromatic rings. The molecule has 0 fully saturated rings. The van der Waals surface area contributed by atoms with E-state index in [9.17, 15) is 4.79 Å². The van der Waals surface area contributed by atoms with Gasteiger partial charge in [-0.2, -0.15) is 10.2 Å². The number of nitrogens with one attached hydrogen (secondary N) is 2. The highest BCUT2D eigenvalue weighted by Gasteiger charge is 2.10. The number of amides is 1. The van der Waals surface area contributed by atoms with Crippen LogP contribution in [0.3, 0.4) is 0 Å². The molecular formula is C11H7BrCl2N4O. The van der Waals surface area contributed by atoms with E-state index in [0.717, 1.165) is 0 Å². The Kier molecular flexibility index (Phi) is 4.57. The van der Waals surface area contributed by atoms with E-state index in [4.69, 9.17) is 23.2 Å². The van der Waals surface area contributed by atoms with Crippen LogP contribution in [-0.4, -0.2) is 22.3 Å². The summed E-state index contributed by atoms with van der Waals surface area (Å²) in [5, 5.41) is 11.1. The molecule has 0 aliphatic carbocycles. The third-order valence-electron chi connectivity index (χ3n) is 2.15.